The molecule has 3 rings (SSSR count). The highest BCUT2D eigenvalue weighted by molar-refractivity contribution is 5.87. The molecule has 3 aromatic rings. The molecule has 0 amide bonds. The van der Waals surface area contributed by atoms with Crippen LogP contribution in [0.1, 0.15) is 10.5 Å². The maximum Gasteiger partial charge on any atom is 0.358 e. The third-order valence-electron chi connectivity index (χ3n) is 3.30. The first-order valence-electron chi connectivity index (χ1n) is 6.63. The van der Waals surface area contributed by atoms with E-state index in [-0.39, 0.29) is 5.69 Å². The van der Waals surface area contributed by atoms with Crippen LogP contribution in [0.4, 0.5) is 0 Å². The van der Waals surface area contributed by atoms with E-state index in [4.69, 9.17) is 14.4 Å². The zero-order valence-corrected chi connectivity index (χ0v) is 11.8. The summed E-state index contributed by atoms with van der Waals surface area (Å²) in [4.78, 5) is 10.9. The van der Waals surface area contributed by atoms with E-state index in [1.54, 1.807) is 13.2 Å². The lowest BCUT2D eigenvalue weighted by atomic mass is 10.0. The number of hydrogen-bond donors (Lipinski definition) is 1. The normalized spacial score (nSPS) is 10.4. The molecule has 0 bridgehead atoms. The van der Waals surface area contributed by atoms with E-state index < -0.39 is 5.97 Å². The predicted molar refractivity (Wildman–Crippen MR) is 80.9 cm³/mol. The highest BCUT2D eigenvalue weighted by Crippen LogP contribution is 2.34. The van der Waals surface area contributed by atoms with Crippen molar-refractivity contribution in [1.82, 2.24) is 5.16 Å². The fraction of sp³-hybridized carbons (Fsp3) is 0.0588. The number of benzene rings is 2. The van der Waals surface area contributed by atoms with Crippen molar-refractivity contribution in [2.24, 2.45) is 0 Å². The number of rotatable bonds is 4. The minimum atomic E-state index is -1.12. The first-order valence-corrected chi connectivity index (χ1v) is 6.63. The van der Waals surface area contributed by atoms with Gasteiger partial charge in [0.1, 0.15) is 5.75 Å². The molecular weight excluding hydrogens is 282 g/mol. The fourth-order valence-corrected chi connectivity index (χ4v) is 2.22. The summed E-state index contributed by atoms with van der Waals surface area (Å²) in [7, 11) is 1.61. The lowest BCUT2D eigenvalue weighted by molar-refractivity contribution is 0.0686. The van der Waals surface area contributed by atoms with Gasteiger partial charge in [0.05, 0.1) is 7.11 Å². The average Bonchev–Trinajstić information content (AvgIpc) is 3.05. The summed E-state index contributed by atoms with van der Waals surface area (Å²) in [6.07, 6.45) is 0. The number of carboxylic acids is 1. The number of carboxylic acid groups (broad SMARTS) is 1. The summed E-state index contributed by atoms with van der Waals surface area (Å²) in [5.74, 6) is 0.0111. The number of methoxy groups -OCH3 is 1. The average molecular weight is 295 g/mol. The number of hydrogen-bond acceptors (Lipinski definition) is 4. The van der Waals surface area contributed by atoms with Gasteiger partial charge in [0.2, 0.25) is 0 Å². The van der Waals surface area contributed by atoms with Crippen molar-refractivity contribution in [1.29, 1.82) is 0 Å². The number of aromatic carboxylic acids is 1. The van der Waals surface area contributed by atoms with E-state index in [1.165, 1.54) is 6.07 Å². The summed E-state index contributed by atoms with van der Waals surface area (Å²) in [6.45, 7) is 0. The molecule has 0 saturated heterocycles. The smallest absolute Gasteiger partial charge is 0.358 e. The molecule has 110 valence electrons. The Labute approximate surface area is 126 Å². The molecule has 1 aromatic heterocycles. The van der Waals surface area contributed by atoms with Crippen LogP contribution >= 0.6 is 0 Å². The van der Waals surface area contributed by atoms with Crippen molar-refractivity contribution < 1.29 is 19.2 Å². The standard InChI is InChI=1S/C17H13NO4/c1-21-15-8-7-12(16-10-14(17(19)20)18-22-16)9-13(15)11-5-3-2-4-6-11/h2-10H,1H3,(H,19,20). The van der Waals surface area contributed by atoms with E-state index in [1.807, 2.05) is 42.5 Å². The molecule has 0 aliphatic carbocycles. The van der Waals surface area contributed by atoms with E-state index in [2.05, 4.69) is 5.16 Å². The first-order chi connectivity index (χ1) is 10.7. The van der Waals surface area contributed by atoms with Gasteiger partial charge in [-0.15, -0.1) is 0 Å². The number of carbonyl (C=O) groups is 1. The van der Waals surface area contributed by atoms with Crippen LogP contribution in [0.15, 0.2) is 59.1 Å². The van der Waals surface area contributed by atoms with Gasteiger partial charge in [0.15, 0.2) is 11.5 Å². The minimum absolute atomic E-state index is 0.118. The zero-order chi connectivity index (χ0) is 15.5. The number of ether oxygens (including phenoxy) is 1. The van der Waals surface area contributed by atoms with E-state index in [0.29, 0.717) is 5.76 Å². The molecule has 0 saturated carbocycles. The third kappa shape index (κ3) is 2.56. The van der Waals surface area contributed by atoms with Crippen molar-refractivity contribution in [2.45, 2.75) is 0 Å². The summed E-state index contributed by atoms with van der Waals surface area (Å²) < 4.78 is 10.5. The number of nitrogens with zero attached hydrogens (tertiary/aromatic N) is 1. The molecule has 1 heterocycles. The predicted octanol–water partition coefficient (Wildman–Crippen LogP) is 3.72. The SMILES string of the molecule is COc1ccc(-c2cc(C(=O)O)no2)cc1-c1ccccc1. The Balaban J connectivity index is 2.08. The molecule has 0 atom stereocenters. The molecule has 5 heteroatoms. The maximum atomic E-state index is 10.9. The monoisotopic (exact) mass is 295 g/mol. The van der Waals surface area contributed by atoms with Gasteiger partial charge in [-0.25, -0.2) is 4.79 Å². The summed E-state index contributed by atoms with van der Waals surface area (Å²) in [5.41, 5.74) is 2.51. The second kappa shape index (κ2) is 5.73. The summed E-state index contributed by atoms with van der Waals surface area (Å²) in [6, 6.07) is 16.7. The Morgan fingerprint density at radius 3 is 2.50 bits per heavy atom. The van der Waals surface area contributed by atoms with Crippen LogP contribution in [0, 0.1) is 0 Å². The van der Waals surface area contributed by atoms with Crippen LogP contribution in [-0.2, 0) is 0 Å². The largest absolute Gasteiger partial charge is 0.496 e. The highest BCUT2D eigenvalue weighted by atomic mass is 16.5. The quantitative estimate of drug-likeness (QED) is 0.794. The van der Waals surface area contributed by atoms with Crippen LogP contribution in [-0.4, -0.2) is 23.3 Å². The molecule has 22 heavy (non-hydrogen) atoms. The first kappa shape index (κ1) is 13.9. The second-order valence-electron chi connectivity index (χ2n) is 4.66. The molecule has 0 fully saturated rings. The Morgan fingerprint density at radius 2 is 1.86 bits per heavy atom. The van der Waals surface area contributed by atoms with Gasteiger partial charge < -0.3 is 14.4 Å². The Hall–Kier alpha value is -3.08. The second-order valence-corrected chi connectivity index (χ2v) is 4.66. The van der Waals surface area contributed by atoms with Crippen molar-refractivity contribution in [3.05, 3.63) is 60.3 Å². The summed E-state index contributed by atoms with van der Waals surface area (Å²) >= 11 is 0. The van der Waals surface area contributed by atoms with Gasteiger partial charge in [0.25, 0.3) is 0 Å². The molecule has 0 aliphatic rings. The van der Waals surface area contributed by atoms with Crippen LogP contribution in [0.3, 0.4) is 0 Å². The molecule has 0 spiro atoms. The van der Waals surface area contributed by atoms with Crippen LogP contribution in [0.5, 0.6) is 5.75 Å². The van der Waals surface area contributed by atoms with Crippen LogP contribution in [0.2, 0.25) is 0 Å². The molecule has 0 aliphatic heterocycles. The van der Waals surface area contributed by atoms with E-state index in [9.17, 15) is 4.79 Å². The topological polar surface area (TPSA) is 72.6 Å². The zero-order valence-electron chi connectivity index (χ0n) is 11.8. The van der Waals surface area contributed by atoms with Crippen molar-refractivity contribution in [3.8, 4) is 28.2 Å². The Kier molecular flexibility index (Phi) is 3.62. The van der Waals surface area contributed by atoms with Crippen molar-refractivity contribution in [2.75, 3.05) is 7.11 Å². The minimum Gasteiger partial charge on any atom is -0.496 e. The van der Waals surface area contributed by atoms with E-state index in [0.717, 1.165) is 22.4 Å². The molecule has 0 unspecified atom stereocenters. The van der Waals surface area contributed by atoms with Crippen molar-refractivity contribution in [3.63, 3.8) is 0 Å². The Morgan fingerprint density at radius 1 is 1.09 bits per heavy atom. The number of aromatic nitrogens is 1. The van der Waals surface area contributed by atoms with Gasteiger partial charge in [0, 0.05) is 17.2 Å². The molecule has 2 aromatic carbocycles. The van der Waals surface area contributed by atoms with Gasteiger partial charge in [-0.1, -0.05) is 35.5 Å². The molecule has 5 nitrogen and oxygen atoms in total. The van der Waals surface area contributed by atoms with Crippen LogP contribution in [0.25, 0.3) is 22.5 Å². The summed E-state index contributed by atoms with van der Waals surface area (Å²) in [5, 5.41) is 12.4. The highest BCUT2D eigenvalue weighted by Gasteiger charge is 2.14. The van der Waals surface area contributed by atoms with Crippen molar-refractivity contribution >= 4 is 5.97 Å². The van der Waals surface area contributed by atoms with Gasteiger partial charge >= 0.3 is 5.97 Å². The van der Waals surface area contributed by atoms with Crippen LogP contribution < -0.4 is 4.74 Å². The third-order valence-corrected chi connectivity index (χ3v) is 3.30. The van der Waals surface area contributed by atoms with E-state index >= 15 is 0 Å². The molecule has 0 radical (unpaired) electrons. The Bertz CT molecular complexity index is 809. The lowest BCUT2D eigenvalue weighted by Crippen LogP contribution is -1.94. The fourth-order valence-electron chi connectivity index (χ4n) is 2.22. The molecule has 1 N–H and O–H groups in total. The van der Waals surface area contributed by atoms with Gasteiger partial charge in [-0.2, -0.15) is 0 Å². The van der Waals surface area contributed by atoms with Gasteiger partial charge in [-0.05, 0) is 23.8 Å². The van der Waals surface area contributed by atoms with Gasteiger partial charge in [-0.3, -0.25) is 0 Å². The maximum absolute atomic E-state index is 10.9. The lowest BCUT2D eigenvalue weighted by Gasteiger charge is -2.10. The molecular formula is C17H13NO4.